The molecule has 1 amide bonds. The van der Waals surface area contributed by atoms with Gasteiger partial charge in [-0.1, -0.05) is 40.2 Å². The standard InChI is InChI=1S/C15H20F3NO2.C11H21NO3.C9H8BrF3O.C6H13NO.CH4O.ClH/c1-14(20)6-8-19(9-7-14)10-11-21-13-5-3-2-4-12(13)15(16,17)18;1-10(2,3)15-9(13)12-7-5-11(4,14)6-8-12;10-5-6-14-8-4-2-1-3-7(8)9(11,12)13;1-6(8)2-4-7-5-3-6;1-2;/h2-5,20H,6-11H2,1H3;14H,5-8H2,1-4H3;1-4H,5-6H2;7-8H,2-5H2,1H3;2H,1H3;1H. The molecule has 0 atom stereocenters. The van der Waals surface area contributed by atoms with E-state index in [9.17, 15) is 46.5 Å². The highest BCUT2D eigenvalue weighted by atomic mass is 79.9. The molecular weight excluding hydrogens is 904 g/mol. The van der Waals surface area contributed by atoms with Gasteiger partial charge in [0.05, 0.1) is 34.5 Å². The predicted molar refractivity (Wildman–Crippen MR) is 230 cm³/mol. The number of aliphatic hydroxyl groups is 4. The Bertz CT molecular complexity index is 1500. The van der Waals surface area contributed by atoms with Gasteiger partial charge >= 0.3 is 18.4 Å². The summed E-state index contributed by atoms with van der Waals surface area (Å²) < 4.78 is 91.0. The number of aliphatic hydroxyl groups excluding tert-OH is 1. The fourth-order valence-electron chi connectivity index (χ4n) is 5.81. The highest BCUT2D eigenvalue weighted by Crippen LogP contribution is 2.37. The lowest BCUT2D eigenvalue weighted by atomic mass is 9.94. The quantitative estimate of drug-likeness (QED) is 0.136. The van der Waals surface area contributed by atoms with E-state index in [0.29, 0.717) is 50.6 Å². The van der Waals surface area contributed by atoms with Crippen LogP contribution in [0.25, 0.3) is 0 Å². The van der Waals surface area contributed by atoms with Crippen molar-refractivity contribution in [2.75, 3.05) is 71.5 Å². The fourth-order valence-corrected chi connectivity index (χ4v) is 5.97. The van der Waals surface area contributed by atoms with Crippen molar-refractivity contribution in [2.24, 2.45) is 0 Å². The number of carbonyl (C=O) groups excluding carboxylic acids is 1. The maximum Gasteiger partial charge on any atom is 0.419 e. The molecule has 11 nitrogen and oxygen atoms in total. The molecule has 0 bridgehead atoms. The first-order valence-electron chi connectivity index (χ1n) is 19.9. The predicted octanol–water partition coefficient (Wildman–Crippen LogP) is 8.33. The summed E-state index contributed by atoms with van der Waals surface area (Å²) in [7, 11) is 1.00. The first-order valence-corrected chi connectivity index (χ1v) is 21.0. The molecule has 3 aliphatic rings. The highest BCUT2D eigenvalue weighted by Gasteiger charge is 2.35. The van der Waals surface area contributed by atoms with Gasteiger partial charge in [0.1, 0.15) is 23.7 Å². The molecule has 3 heterocycles. The van der Waals surface area contributed by atoms with Crippen LogP contribution in [0.4, 0.5) is 31.1 Å². The maximum atomic E-state index is 12.8. The number of halogens is 8. The first kappa shape index (κ1) is 58.4. The zero-order valence-corrected chi connectivity index (χ0v) is 38.7. The van der Waals surface area contributed by atoms with E-state index < -0.39 is 40.3 Å². The number of hydrogen-bond acceptors (Lipinski definition) is 10. The Kier molecular flexibility index (Phi) is 25.8. The van der Waals surface area contributed by atoms with Crippen molar-refractivity contribution in [2.45, 2.75) is 115 Å². The average molecular weight is 971 g/mol. The van der Waals surface area contributed by atoms with Gasteiger partial charge in [-0.2, -0.15) is 26.3 Å². The van der Waals surface area contributed by atoms with Crippen molar-refractivity contribution in [3.63, 3.8) is 0 Å². The monoisotopic (exact) mass is 969 g/mol. The van der Waals surface area contributed by atoms with Crippen molar-refractivity contribution in [3.05, 3.63) is 59.7 Å². The summed E-state index contributed by atoms with van der Waals surface area (Å²) >= 11 is 3.08. The summed E-state index contributed by atoms with van der Waals surface area (Å²) in [6.07, 6.45) is -4.67. The van der Waals surface area contributed by atoms with Crippen LogP contribution < -0.4 is 14.8 Å². The third kappa shape index (κ3) is 24.7. The molecule has 3 fully saturated rings. The largest absolute Gasteiger partial charge is 0.492 e. The van der Waals surface area contributed by atoms with Crippen molar-refractivity contribution < 1.29 is 65.8 Å². The molecule has 61 heavy (non-hydrogen) atoms. The number of benzene rings is 2. The van der Waals surface area contributed by atoms with Crippen LogP contribution in [0, 0.1) is 0 Å². The number of nitrogens with zero attached hydrogens (tertiary/aromatic N) is 2. The molecule has 3 aliphatic heterocycles. The van der Waals surface area contributed by atoms with E-state index in [2.05, 4.69) is 26.1 Å². The summed E-state index contributed by atoms with van der Waals surface area (Å²) in [6.45, 7) is 16.6. The van der Waals surface area contributed by atoms with E-state index in [1.165, 1.54) is 36.4 Å². The Hall–Kier alpha value is -2.58. The van der Waals surface area contributed by atoms with E-state index >= 15 is 0 Å². The van der Waals surface area contributed by atoms with Crippen LogP contribution in [-0.2, 0) is 17.1 Å². The van der Waals surface area contributed by atoms with E-state index in [4.69, 9.17) is 19.3 Å². The van der Waals surface area contributed by atoms with Crippen LogP contribution in [0.1, 0.15) is 91.2 Å². The lowest BCUT2D eigenvalue weighted by Crippen LogP contribution is -2.46. The molecule has 2 aromatic rings. The maximum absolute atomic E-state index is 12.8. The third-order valence-electron chi connectivity index (χ3n) is 9.49. The SMILES string of the molecule is CC1(O)CCN(C(=O)OC(C)(C)C)CC1.CC1(O)CCN(CCOc2ccccc2C(F)(F)F)CC1.CC1(O)CCNCC1.CO.Cl.FC(F)(F)c1ccccc1OCCBr. The third-order valence-corrected chi connectivity index (χ3v) is 9.81. The number of nitrogens with one attached hydrogen (secondary N) is 1. The minimum Gasteiger partial charge on any atom is -0.492 e. The smallest absolute Gasteiger partial charge is 0.419 e. The Balaban J connectivity index is 0.000000805. The minimum absolute atomic E-state index is 0. The lowest BCUT2D eigenvalue weighted by molar-refractivity contribution is -0.139. The molecule has 0 radical (unpaired) electrons. The van der Waals surface area contributed by atoms with Gasteiger partial charge in [-0.25, -0.2) is 4.79 Å². The van der Waals surface area contributed by atoms with Crippen LogP contribution in [-0.4, -0.2) is 130 Å². The van der Waals surface area contributed by atoms with Gasteiger partial charge in [-0.05, 0) is 117 Å². The van der Waals surface area contributed by atoms with Gasteiger partial charge in [-0.3, -0.25) is 4.90 Å². The second kappa shape index (κ2) is 26.9. The van der Waals surface area contributed by atoms with Crippen molar-refractivity contribution in [1.29, 1.82) is 0 Å². The van der Waals surface area contributed by atoms with Crippen LogP contribution in [0.5, 0.6) is 11.5 Å². The molecule has 0 saturated carbocycles. The Morgan fingerprint density at radius 1 is 0.689 bits per heavy atom. The molecular formula is C42H67BrClF6N3O8. The van der Waals surface area contributed by atoms with Gasteiger partial charge in [0.15, 0.2) is 0 Å². The highest BCUT2D eigenvalue weighted by molar-refractivity contribution is 9.09. The fraction of sp³-hybridized carbons (Fsp3) is 0.690. The van der Waals surface area contributed by atoms with E-state index in [1.54, 1.807) is 18.7 Å². The van der Waals surface area contributed by atoms with Crippen molar-refractivity contribution in [3.8, 4) is 11.5 Å². The van der Waals surface area contributed by atoms with Crippen LogP contribution in [0.2, 0.25) is 0 Å². The normalized spacial score (nSPS) is 18.3. The number of amides is 1. The number of rotatable bonds is 7. The summed E-state index contributed by atoms with van der Waals surface area (Å²) in [4.78, 5) is 15.4. The Morgan fingerprint density at radius 3 is 1.43 bits per heavy atom. The Labute approximate surface area is 371 Å². The number of ether oxygens (including phenoxy) is 3. The number of alkyl halides is 7. The second-order valence-corrected chi connectivity index (χ2v) is 17.2. The molecule has 0 unspecified atom stereocenters. The van der Waals surface area contributed by atoms with Crippen LogP contribution >= 0.6 is 28.3 Å². The average Bonchev–Trinajstić information content (AvgIpc) is 3.15. The lowest BCUT2D eigenvalue weighted by Gasteiger charge is -2.36. The van der Waals surface area contributed by atoms with Crippen molar-refractivity contribution in [1.82, 2.24) is 15.1 Å². The van der Waals surface area contributed by atoms with Gasteiger partial charge in [-0.15, -0.1) is 12.4 Å². The molecule has 3 saturated heterocycles. The van der Waals surface area contributed by atoms with E-state index in [0.717, 1.165) is 58.3 Å². The number of hydrogen-bond donors (Lipinski definition) is 5. The van der Waals surface area contributed by atoms with E-state index in [1.807, 2.05) is 27.7 Å². The molecule has 0 spiro atoms. The first-order chi connectivity index (χ1) is 27.7. The number of piperidine rings is 3. The summed E-state index contributed by atoms with van der Waals surface area (Å²) in [6, 6.07) is 10.4. The molecule has 2 aromatic carbocycles. The minimum atomic E-state index is -4.40. The van der Waals surface area contributed by atoms with E-state index in [-0.39, 0.29) is 48.8 Å². The van der Waals surface area contributed by atoms with Crippen LogP contribution in [0.15, 0.2) is 48.5 Å². The zero-order valence-electron chi connectivity index (χ0n) is 36.3. The molecule has 0 aromatic heterocycles. The second-order valence-electron chi connectivity index (χ2n) is 16.4. The molecule has 19 heteroatoms. The summed E-state index contributed by atoms with van der Waals surface area (Å²) in [5.74, 6) is -0.256. The van der Waals surface area contributed by atoms with Gasteiger partial charge < -0.3 is 44.9 Å². The zero-order chi connectivity index (χ0) is 45.8. The Morgan fingerprint density at radius 2 is 1.07 bits per heavy atom. The molecule has 5 N–H and O–H groups in total. The molecule has 0 aliphatic carbocycles. The van der Waals surface area contributed by atoms with Gasteiger partial charge in [0.2, 0.25) is 0 Å². The summed E-state index contributed by atoms with van der Waals surface area (Å²) in [5, 5.41) is 39.6. The number of likely N-dealkylation sites (tertiary alicyclic amines) is 2. The molecule has 5 rings (SSSR count). The van der Waals surface area contributed by atoms with Gasteiger partial charge in [0.25, 0.3) is 0 Å². The molecule has 354 valence electrons. The van der Waals surface area contributed by atoms with Gasteiger partial charge in [0, 0.05) is 45.2 Å². The number of carbonyl (C=O) groups is 1. The van der Waals surface area contributed by atoms with Crippen molar-refractivity contribution >= 4 is 34.4 Å². The topological polar surface area (TPSA) is 144 Å². The summed E-state index contributed by atoms with van der Waals surface area (Å²) in [5.41, 5.74) is -3.56. The van der Waals surface area contributed by atoms with Crippen LogP contribution in [0.3, 0.4) is 0 Å². The number of para-hydroxylation sites is 2.